The van der Waals surface area contributed by atoms with Gasteiger partial charge in [-0.1, -0.05) is 35.4 Å². The van der Waals surface area contributed by atoms with Crippen LogP contribution >= 0.6 is 0 Å². The first-order valence-corrected chi connectivity index (χ1v) is 10.8. The summed E-state index contributed by atoms with van der Waals surface area (Å²) in [5, 5.41) is 2.76. The monoisotopic (exact) mass is 426 g/mol. The minimum absolute atomic E-state index is 0.0525. The molecule has 0 aliphatic rings. The van der Waals surface area contributed by atoms with Gasteiger partial charge in [0.25, 0.3) is 10.0 Å². The number of carbonyl (C=O) groups excluding carboxylic acids is 1. The van der Waals surface area contributed by atoms with Crippen LogP contribution in [0, 0.1) is 26.6 Å². The van der Waals surface area contributed by atoms with Crippen molar-refractivity contribution in [2.45, 2.75) is 25.7 Å². The average Bonchev–Trinajstić information content (AvgIpc) is 2.69. The van der Waals surface area contributed by atoms with E-state index in [4.69, 9.17) is 0 Å². The van der Waals surface area contributed by atoms with Gasteiger partial charge in [-0.05, 0) is 68.8 Å². The molecular weight excluding hydrogens is 403 g/mol. The van der Waals surface area contributed by atoms with Crippen LogP contribution in [0.3, 0.4) is 0 Å². The van der Waals surface area contributed by atoms with Crippen LogP contribution in [0.15, 0.2) is 71.6 Å². The number of halogens is 1. The van der Waals surface area contributed by atoms with Gasteiger partial charge in [0.15, 0.2) is 0 Å². The summed E-state index contributed by atoms with van der Waals surface area (Å²) < 4.78 is 40.9. The largest absolute Gasteiger partial charge is 0.324 e. The highest BCUT2D eigenvalue weighted by Gasteiger charge is 2.27. The van der Waals surface area contributed by atoms with Gasteiger partial charge >= 0.3 is 0 Å². The Morgan fingerprint density at radius 1 is 0.900 bits per heavy atom. The highest BCUT2D eigenvalue weighted by molar-refractivity contribution is 7.92. The average molecular weight is 427 g/mol. The predicted octanol–water partition coefficient (Wildman–Crippen LogP) is 4.58. The van der Waals surface area contributed by atoms with E-state index in [1.165, 1.54) is 24.3 Å². The van der Waals surface area contributed by atoms with Crippen LogP contribution in [0.5, 0.6) is 0 Å². The molecule has 3 aromatic carbocycles. The van der Waals surface area contributed by atoms with E-state index in [2.05, 4.69) is 5.32 Å². The first-order chi connectivity index (χ1) is 14.2. The standard InChI is InChI=1S/C23H23FN2O3S/c1-16-4-11-21(12-5-16)30(28,29)26(20-9-7-19(24)8-10-20)15-23(27)25-22-13-6-17(2)14-18(22)3/h4-14H,15H2,1-3H3,(H,25,27). The number of nitrogens with zero attached hydrogens (tertiary/aromatic N) is 1. The van der Waals surface area contributed by atoms with Crippen molar-refractivity contribution in [1.82, 2.24) is 0 Å². The Balaban J connectivity index is 1.94. The molecule has 7 heteroatoms. The summed E-state index contributed by atoms with van der Waals surface area (Å²) in [4.78, 5) is 12.8. The first kappa shape index (κ1) is 21.5. The molecule has 0 radical (unpaired) electrons. The fraction of sp³-hybridized carbons (Fsp3) is 0.174. The molecule has 1 N–H and O–H groups in total. The van der Waals surface area contributed by atoms with Gasteiger partial charge in [-0.25, -0.2) is 12.8 Å². The summed E-state index contributed by atoms with van der Waals surface area (Å²) in [6, 6.07) is 16.9. The molecule has 0 atom stereocenters. The van der Waals surface area contributed by atoms with E-state index < -0.39 is 28.3 Å². The smallest absolute Gasteiger partial charge is 0.264 e. The van der Waals surface area contributed by atoms with Crippen molar-refractivity contribution < 1.29 is 17.6 Å². The summed E-state index contributed by atoms with van der Waals surface area (Å²) in [5.41, 5.74) is 3.65. The Morgan fingerprint density at radius 2 is 1.50 bits per heavy atom. The summed E-state index contributed by atoms with van der Waals surface area (Å²) >= 11 is 0. The maximum Gasteiger partial charge on any atom is 0.264 e. The number of benzene rings is 3. The van der Waals surface area contributed by atoms with Crippen LogP contribution < -0.4 is 9.62 Å². The lowest BCUT2D eigenvalue weighted by atomic mass is 10.1. The second-order valence-electron chi connectivity index (χ2n) is 7.17. The third-order valence-electron chi connectivity index (χ3n) is 4.67. The van der Waals surface area contributed by atoms with Crippen molar-refractivity contribution in [3.8, 4) is 0 Å². The zero-order valence-corrected chi connectivity index (χ0v) is 17.8. The van der Waals surface area contributed by atoms with Gasteiger partial charge in [-0.3, -0.25) is 9.10 Å². The molecule has 5 nitrogen and oxygen atoms in total. The van der Waals surface area contributed by atoms with Crippen LogP contribution in [-0.2, 0) is 14.8 Å². The molecule has 3 aromatic rings. The number of aryl methyl sites for hydroxylation is 3. The van der Waals surface area contributed by atoms with E-state index in [0.29, 0.717) is 5.69 Å². The summed E-state index contributed by atoms with van der Waals surface area (Å²) in [6.07, 6.45) is 0. The van der Waals surface area contributed by atoms with Crippen LogP contribution in [0.2, 0.25) is 0 Å². The van der Waals surface area contributed by atoms with Crippen molar-refractivity contribution >= 4 is 27.3 Å². The molecule has 0 aromatic heterocycles. The summed E-state index contributed by atoms with van der Waals surface area (Å²) in [5.74, 6) is -0.992. The van der Waals surface area contributed by atoms with Crippen LogP contribution in [-0.4, -0.2) is 20.9 Å². The number of anilines is 2. The minimum Gasteiger partial charge on any atom is -0.324 e. The second kappa shape index (κ2) is 8.67. The highest BCUT2D eigenvalue weighted by Crippen LogP contribution is 2.25. The van der Waals surface area contributed by atoms with Crippen LogP contribution in [0.1, 0.15) is 16.7 Å². The third kappa shape index (κ3) is 4.86. The molecule has 0 spiro atoms. The van der Waals surface area contributed by atoms with E-state index in [9.17, 15) is 17.6 Å². The van der Waals surface area contributed by atoms with Gasteiger partial charge in [0.05, 0.1) is 10.6 Å². The van der Waals surface area contributed by atoms with E-state index in [0.717, 1.165) is 33.1 Å². The number of hydrogen-bond donors (Lipinski definition) is 1. The molecule has 0 unspecified atom stereocenters. The molecule has 3 rings (SSSR count). The van der Waals surface area contributed by atoms with Crippen LogP contribution in [0.4, 0.5) is 15.8 Å². The van der Waals surface area contributed by atoms with Gasteiger partial charge in [0.1, 0.15) is 12.4 Å². The van der Waals surface area contributed by atoms with Crippen LogP contribution in [0.25, 0.3) is 0 Å². The maximum atomic E-state index is 13.4. The van der Waals surface area contributed by atoms with Crippen molar-refractivity contribution in [3.63, 3.8) is 0 Å². The SMILES string of the molecule is Cc1ccc(S(=O)(=O)N(CC(=O)Nc2ccc(C)cc2C)c2ccc(F)cc2)cc1. The number of hydrogen-bond acceptors (Lipinski definition) is 3. The molecule has 30 heavy (non-hydrogen) atoms. The fourth-order valence-electron chi connectivity index (χ4n) is 3.03. The Hall–Kier alpha value is -3.19. The van der Waals surface area contributed by atoms with Gasteiger partial charge in [-0.15, -0.1) is 0 Å². The first-order valence-electron chi connectivity index (χ1n) is 9.39. The zero-order chi connectivity index (χ0) is 21.9. The number of carbonyl (C=O) groups is 1. The minimum atomic E-state index is -4.04. The van der Waals surface area contributed by atoms with E-state index in [1.54, 1.807) is 18.2 Å². The zero-order valence-electron chi connectivity index (χ0n) is 17.0. The molecule has 0 aliphatic heterocycles. The molecule has 0 bridgehead atoms. The van der Waals surface area contributed by atoms with Gasteiger partial charge in [0.2, 0.25) is 5.91 Å². The van der Waals surface area contributed by atoms with Gasteiger partial charge in [-0.2, -0.15) is 0 Å². The topological polar surface area (TPSA) is 66.5 Å². The fourth-order valence-corrected chi connectivity index (χ4v) is 4.45. The lowest BCUT2D eigenvalue weighted by molar-refractivity contribution is -0.114. The number of nitrogens with one attached hydrogen (secondary N) is 1. The Morgan fingerprint density at radius 3 is 2.10 bits per heavy atom. The van der Waals surface area contributed by atoms with E-state index in [1.807, 2.05) is 32.9 Å². The molecular formula is C23H23FN2O3S. The molecule has 0 saturated carbocycles. The lowest BCUT2D eigenvalue weighted by Gasteiger charge is -2.24. The van der Waals surface area contributed by atoms with Crippen molar-refractivity contribution in [3.05, 3.63) is 89.2 Å². The Bertz CT molecular complexity index is 1160. The van der Waals surface area contributed by atoms with Crippen molar-refractivity contribution in [2.75, 3.05) is 16.2 Å². The van der Waals surface area contributed by atoms with Gasteiger partial charge < -0.3 is 5.32 Å². The molecule has 0 saturated heterocycles. The molecule has 0 fully saturated rings. The lowest BCUT2D eigenvalue weighted by Crippen LogP contribution is -2.38. The normalized spacial score (nSPS) is 11.2. The number of sulfonamides is 1. The second-order valence-corrected chi connectivity index (χ2v) is 9.03. The highest BCUT2D eigenvalue weighted by atomic mass is 32.2. The van der Waals surface area contributed by atoms with Gasteiger partial charge in [0, 0.05) is 5.69 Å². The van der Waals surface area contributed by atoms with Crippen molar-refractivity contribution in [1.29, 1.82) is 0 Å². The summed E-state index contributed by atoms with van der Waals surface area (Å²) in [6.45, 7) is 5.22. The molecule has 0 aliphatic carbocycles. The number of rotatable bonds is 6. The maximum absolute atomic E-state index is 13.4. The quantitative estimate of drug-likeness (QED) is 0.627. The molecule has 0 heterocycles. The van der Waals surface area contributed by atoms with E-state index >= 15 is 0 Å². The molecule has 1 amide bonds. The number of amides is 1. The Kier molecular flexibility index (Phi) is 6.22. The molecule has 156 valence electrons. The van der Waals surface area contributed by atoms with Crippen molar-refractivity contribution in [2.24, 2.45) is 0 Å². The predicted molar refractivity (Wildman–Crippen MR) is 117 cm³/mol. The third-order valence-corrected chi connectivity index (χ3v) is 6.45. The Labute approximate surface area is 176 Å². The van der Waals surface area contributed by atoms with E-state index in [-0.39, 0.29) is 10.6 Å². The summed E-state index contributed by atoms with van der Waals surface area (Å²) in [7, 11) is -4.04.